The summed E-state index contributed by atoms with van der Waals surface area (Å²) in [5, 5.41) is 13.1. The summed E-state index contributed by atoms with van der Waals surface area (Å²) in [6.07, 6.45) is 0.743. The van der Waals surface area contributed by atoms with Gasteiger partial charge in [-0.05, 0) is 50.1 Å². The molecule has 0 saturated carbocycles. The van der Waals surface area contributed by atoms with Crippen LogP contribution in [0.5, 0.6) is 5.75 Å². The zero-order chi connectivity index (χ0) is 19.7. The van der Waals surface area contributed by atoms with Gasteiger partial charge in [0.2, 0.25) is 5.13 Å². The third-order valence-electron chi connectivity index (χ3n) is 4.59. The van der Waals surface area contributed by atoms with E-state index in [1.807, 2.05) is 50.2 Å². The summed E-state index contributed by atoms with van der Waals surface area (Å²) in [5.74, 6) is 0.252. The van der Waals surface area contributed by atoms with Gasteiger partial charge in [0.05, 0.1) is 15.8 Å². The Morgan fingerprint density at radius 2 is 1.96 bits per heavy atom. The van der Waals surface area contributed by atoms with Crippen LogP contribution in [0.25, 0.3) is 15.3 Å². The molecular formula is C21H20N4O2S. The Bertz CT molecular complexity index is 1180. The van der Waals surface area contributed by atoms with Crippen molar-refractivity contribution >= 4 is 27.3 Å². The van der Waals surface area contributed by atoms with E-state index in [-0.39, 0.29) is 11.3 Å². The zero-order valence-corrected chi connectivity index (χ0v) is 16.5. The molecule has 0 radical (unpaired) electrons. The van der Waals surface area contributed by atoms with Gasteiger partial charge in [-0.1, -0.05) is 35.6 Å². The Balaban J connectivity index is 1.59. The number of nitrogens with zero attached hydrogens (tertiary/aromatic N) is 3. The minimum Gasteiger partial charge on any atom is -0.508 e. The molecule has 0 saturated heterocycles. The molecule has 6 nitrogen and oxygen atoms in total. The molecule has 4 rings (SSSR count). The molecule has 4 aromatic rings. The number of phenolic OH excluding ortho intramolecular Hbond substituents is 1. The molecule has 142 valence electrons. The first-order valence-electron chi connectivity index (χ1n) is 9.00. The van der Waals surface area contributed by atoms with Crippen LogP contribution in [0.3, 0.4) is 0 Å². The van der Waals surface area contributed by atoms with Gasteiger partial charge in [0.1, 0.15) is 5.75 Å². The molecule has 0 fully saturated rings. The molecular weight excluding hydrogens is 372 g/mol. The highest BCUT2D eigenvalue weighted by Gasteiger charge is 2.17. The number of benzene rings is 2. The van der Waals surface area contributed by atoms with E-state index in [0.717, 1.165) is 27.9 Å². The van der Waals surface area contributed by atoms with Crippen LogP contribution in [0.2, 0.25) is 0 Å². The van der Waals surface area contributed by atoms with Crippen LogP contribution in [-0.2, 0) is 6.42 Å². The topological polar surface area (TPSA) is 83.3 Å². The molecule has 0 atom stereocenters. The molecule has 0 aliphatic carbocycles. The Labute approximate surface area is 165 Å². The number of hydrogen-bond donors (Lipinski definition) is 2. The average molecular weight is 392 g/mol. The average Bonchev–Trinajstić information content (AvgIpc) is 3.23. The van der Waals surface area contributed by atoms with Crippen LogP contribution in [0.15, 0.2) is 58.3 Å². The molecule has 2 heterocycles. The predicted octanol–water partition coefficient (Wildman–Crippen LogP) is 3.84. The van der Waals surface area contributed by atoms with Crippen molar-refractivity contribution in [3.8, 4) is 10.9 Å². The van der Waals surface area contributed by atoms with Crippen molar-refractivity contribution in [3.63, 3.8) is 0 Å². The molecule has 0 amide bonds. The summed E-state index contributed by atoms with van der Waals surface area (Å²) < 4.78 is 2.53. The van der Waals surface area contributed by atoms with E-state index in [0.29, 0.717) is 23.0 Å². The van der Waals surface area contributed by atoms with Gasteiger partial charge < -0.3 is 5.11 Å². The quantitative estimate of drug-likeness (QED) is 0.506. The number of hydrogen-bond acceptors (Lipinski definition) is 5. The molecule has 2 aromatic carbocycles. The van der Waals surface area contributed by atoms with Gasteiger partial charge in [-0.15, -0.1) is 0 Å². The van der Waals surface area contributed by atoms with Crippen molar-refractivity contribution in [3.05, 3.63) is 75.7 Å². The van der Waals surface area contributed by atoms with E-state index in [1.165, 1.54) is 16.0 Å². The monoisotopic (exact) mass is 392 g/mol. The number of aromatic hydroxyl groups is 1. The van der Waals surface area contributed by atoms with E-state index in [9.17, 15) is 9.90 Å². The lowest BCUT2D eigenvalue weighted by Gasteiger charge is -2.01. The van der Waals surface area contributed by atoms with E-state index < -0.39 is 0 Å². The van der Waals surface area contributed by atoms with Crippen molar-refractivity contribution < 1.29 is 5.11 Å². The number of thiazole rings is 1. The van der Waals surface area contributed by atoms with Gasteiger partial charge in [-0.25, -0.2) is 4.98 Å². The van der Waals surface area contributed by atoms with Crippen molar-refractivity contribution in [1.29, 1.82) is 0 Å². The number of fused-ring (bicyclic) bond motifs is 1. The molecule has 2 N–H and O–H groups in total. The Morgan fingerprint density at radius 1 is 1.21 bits per heavy atom. The number of aromatic amines is 1. The largest absolute Gasteiger partial charge is 0.508 e. The lowest BCUT2D eigenvalue weighted by atomic mass is 10.1. The fraction of sp³-hybridized carbons (Fsp3) is 0.190. The standard InChI is InChI=1S/C21H20N4O2S/c1-13(22-12-11-15-7-9-16(26)10-8-15)19-14(2)24-25(20(19)27)21-23-17-5-3-4-6-18(17)28-21/h3-10,24,26H,11-12H2,1-2H3. The predicted molar refractivity (Wildman–Crippen MR) is 113 cm³/mol. The molecule has 0 unspecified atom stereocenters. The van der Waals surface area contributed by atoms with Gasteiger partial charge in [-0.3, -0.25) is 14.9 Å². The van der Waals surface area contributed by atoms with Crippen molar-refractivity contribution in [1.82, 2.24) is 14.8 Å². The fourth-order valence-corrected chi connectivity index (χ4v) is 4.08. The minimum absolute atomic E-state index is 0.137. The third kappa shape index (κ3) is 3.48. The Kier molecular flexibility index (Phi) is 4.83. The smallest absolute Gasteiger partial charge is 0.282 e. The highest BCUT2D eigenvalue weighted by atomic mass is 32.1. The van der Waals surface area contributed by atoms with Crippen molar-refractivity contribution in [2.75, 3.05) is 6.54 Å². The second-order valence-electron chi connectivity index (χ2n) is 6.60. The van der Waals surface area contributed by atoms with Crippen LogP contribution in [-0.4, -0.2) is 32.1 Å². The Hall–Kier alpha value is -3.19. The minimum atomic E-state index is -0.137. The first-order valence-corrected chi connectivity index (χ1v) is 9.81. The van der Waals surface area contributed by atoms with Crippen molar-refractivity contribution in [2.24, 2.45) is 4.99 Å². The number of phenols is 1. The van der Waals surface area contributed by atoms with Crippen LogP contribution < -0.4 is 5.56 Å². The van der Waals surface area contributed by atoms with E-state index >= 15 is 0 Å². The summed E-state index contributed by atoms with van der Waals surface area (Å²) in [6.45, 7) is 4.30. The van der Waals surface area contributed by atoms with Crippen LogP contribution >= 0.6 is 11.3 Å². The maximum atomic E-state index is 13.0. The lowest BCUT2D eigenvalue weighted by Crippen LogP contribution is -2.19. The van der Waals surface area contributed by atoms with E-state index in [2.05, 4.69) is 15.1 Å². The normalized spacial score (nSPS) is 12.0. The number of H-pyrrole nitrogens is 1. The molecule has 0 bridgehead atoms. The highest BCUT2D eigenvalue weighted by Crippen LogP contribution is 2.23. The summed E-state index contributed by atoms with van der Waals surface area (Å²) in [4.78, 5) is 22.1. The van der Waals surface area contributed by atoms with Crippen LogP contribution in [0.1, 0.15) is 23.7 Å². The number of rotatable bonds is 5. The SMILES string of the molecule is CC(=NCCc1ccc(O)cc1)c1c(C)[nH]n(-c2nc3ccccc3s2)c1=O. The summed E-state index contributed by atoms with van der Waals surface area (Å²) >= 11 is 1.47. The number of nitrogens with one attached hydrogen (secondary N) is 1. The first kappa shape index (κ1) is 18.2. The maximum Gasteiger partial charge on any atom is 0.282 e. The lowest BCUT2D eigenvalue weighted by molar-refractivity contribution is 0.475. The maximum absolute atomic E-state index is 13.0. The van der Waals surface area contributed by atoms with Crippen LogP contribution in [0.4, 0.5) is 0 Å². The number of aliphatic imine (C=N–C) groups is 1. The summed E-state index contributed by atoms with van der Waals surface area (Å²) in [7, 11) is 0. The fourth-order valence-electron chi connectivity index (χ4n) is 3.16. The van der Waals surface area contributed by atoms with Gasteiger partial charge in [0.15, 0.2) is 0 Å². The molecule has 0 aliphatic rings. The summed E-state index contributed by atoms with van der Waals surface area (Å²) in [5.41, 5.74) is 3.90. The van der Waals surface area contributed by atoms with Gasteiger partial charge in [0.25, 0.3) is 5.56 Å². The number of aromatic nitrogens is 3. The zero-order valence-electron chi connectivity index (χ0n) is 15.6. The molecule has 0 aliphatic heterocycles. The van der Waals surface area contributed by atoms with Gasteiger partial charge in [0, 0.05) is 18.0 Å². The second kappa shape index (κ2) is 7.44. The highest BCUT2D eigenvalue weighted by molar-refractivity contribution is 7.20. The van der Waals surface area contributed by atoms with Crippen molar-refractivity contribution in [2.45, 2.75) is 20.3 Å². The van der Waals surface area contributed by atoms with Gasteiger partial charge >= 0.3 is 0 Å². The molecule has 7 heteroatoms. The third-order valence-corrected chi connectivity index (χ3v) is 5.61. The molecule has 2 aromatic heterocycles. The van der Waals surface area contributed by atoms with Crippen LogP contribution in [0, 0.1) is 6.92 Å². The first-order chi connectivity index (χ1) is 13.5. The number of para-hydroxylation sites is 1. The molecule has 28 heavy (non-hydrogen) atoms. The second-order valence-corrected chi connectivity index (χ2v) is 7.61. The summed E-state index contributed by atoms with van der Waals surface area (Å²) in [6, 6.07) is 14.9. The Morgan fingerprint density at radius 3 is 2.71 bits per heavy atom. The number of aryl methyl sites for hydroxylation is 1. The van der Waals surface area contributed by atoms with E-state index in [1.54, 1.807) is 12.1 Å². The van der Waals surface area contributed by atoms with E-state index in [4.69, 9.17) is 0 Å². The van der Waals surface area contributed by atoms with Gasteiger partial charge in [-0.2, -0.15) is 4.68 Å². The molecule has 0 spiro atoms.